The van der Waals surface area contributed by atoms with E-state index in [0.717, 1.165) is 37.8 Å². The minimum atomic E-state index is -0.683. The Morgan fingerprint density at radius 3 is 2.47 bits per heavy atom. The van der Waals surface area contributed by atoms with Gasteiger partial charge in [-0.15, -0.1) is 0 Å². The van der Waals surface area contributed by atoms with Crippen LogP contribution in [0.25, 0.3) is 0 Å². The van der Waals surface area contributed by atoms with Crippen molar-refractivity contribution in [2.75, 3.05) is 5.32 Å². The van der Waals surface area contributed by atoms with Crippen LogP contribution in [0.15, 0.2) is 12.1 Å². The number of nitrogens with one attached hydrogen (secondary N) is 1. The molecule has 2 atom stereocenters. The number of rotatable bonds is 3. The van der Waals surface area contributed by atoms with Crippen LogP contribution in [0, 0.1) is 28.9 Å². The van der Waals surface area contributed by atoms with E-state index >= 15 is 0 Å². The van der Waals surface area contributed by atoms with Crippen molar-refractivity contribution in [1.82, 2.24) is 0 Å². The molecule has 0 aromatic heterocycles. The quantitative estimate of drug-likeness (QED) is 0.887. The molecule has 0 amide bonds. The molecule has 4 heteroatoms. The van der Waals surface area contributed by atoms with E-state index in [-0.39, 0.29) is 17.3 Å². The number of benzene rings is 1. The van der Waals surface area contributed by atoms with E-state index in [1.54, 1.807) is 6.07 Å². The molecule has 1 saturated carbocycles. The van der Waals surface area contributed by atoms with E-state index in [2.05, 4.69) is 12.2 Å². The summed E-state index contributed by atoms with van der Waals surface area (Å²) in [5, 5.41) is 11.7. The monoisotopic (exact) mass is 264 g/mol. The van der Waals surface area contributed by atoms with Crippen LogP contribution in [0.3, 0.4) is 0 Å². The second-order valence-electron chi connectivity index (χ2n) is 5.13. The summed E-state index contributed by atoms with van der Waals surface area (Å²) in [7, 11) is 0. The third kappa shape index (κ3) is 3.04. The summed E-state index contributed by atoms with van der Waals surface area (Å²) in [5.41, 5.74) is -0.0828. The second kappa shape index (κ2) is 6.01. The first-order valence-electron chi connectivity index (χ1n) is 6.81. The normalized spacial score (nSPS) is 22.8. The second-order valence-corrected chi connectivity index (χ2v) is 5.13. The smallest absolute Gasteiger partial charge is 0.150 e. The lowest BCUT2D eigenvalue weighted by molar-refractivity contribution is 0.316. The average molecular weight is 264 g/mol. The summed E-state index contributed by atoms with van der Waals surface area (Å²) in [5.74, 6) is -0.905. The minimum Gasteiger partial charge on any atom is -0.377 e. The van der Waals surface area contributed by atoms with Crippen LogP contribution in [-0.4, -0.2) is 6.04 Å². The molecule has 19 heavy (non-hydrogen) atoms. The van der Waals surface area contributed by atoms with Crippen LogP contribution in [0.2, 0.25) is 0 Å². The maximum absolute atomic E-state index is 13.8. The largest absolute Gasteiger partial charge is 0.377 e. The first-order valence-corrected chi connectivity index (χ1v) is 6.81. The van der Waals surface area contributed by atoms with Crippen molar-refractivity contribution in [2.45, 2.75) is 45.1 Å². The molecule has 0 saturated heterocycles. The van der Waals surface area contributed by atoms with Crippen molar-refractivity contribution in [3.8, 4) is 6.07 Å². The topological polar surface area (TPSA) is 35.8 Å². The van der Waals surface area contributed by atoms with Gasteiger partial charge in [0.1, 0.15) is 5.69 Å². The summed E-state index contributed by atoms with van der Waals surface area (Å²) in [6.45, 7) is 2.11. The number of nitriles is 1. The molecule has 1 aromatic carbocycles. The van der Waals surface area contributed by atoms with Gasteiger partial charge in [0, 0.05) is 6.04 Å². The SMILES string of the molecule is CCC1CCCCC1Nc1c(F)cc(C#N)cc1F. The molecule has 2 nitrogen and oxygen atoms in total. The molecule has 1 fully saturated rings. The van der Waals surface area contributed by atoms with Gasteiger partial charge in [0.15, 0.2) is 11.6 Å². The molecular weight excluding hydrogens is 246 g/mol. The van der Waals surface area contributed by atoms with Crippen LogP contribution in [0.4, 0.5) is 14.5 Å². The molecule has 0 heterocycles. The standard InChI is InChI=1S/C15H18F2N2/c1-2-11-5-3-4-6-14(11)19-15-12(16)7-10(9-18)8-13(15)17/h7-8,11,14,19H,2-6H2,1H3. The first kappa shape index (κ1) is 13.8. The molecule has 1 N–H and O–H groups in total. The Morgan fingerprint density at radius 1 is 1.26 bits per heavy atom. The lowest BCUT2D eigenvalue weighted by Gasteiger charge is -2.32. The van der Waals surface area contributed by atoms with Gasteiger partial charge in [0.25, 0.3) is 0 Å². The molecule has 1 aliphatic carbocycles. The number of hydrogen-bond donors (Lipinski definition) is 1. The van der Waals surface area contributed by atoms with Crippen LogP contribution < -0.4 is 5.32 Å². The fourth-order valence-electron chi connectivity index (χ4n) is 2.85. The van der Waals surface area contributed by atoms with E-state index in [0.29, 0.717) is 5.92 Å². The van der Waals surface area contributed by atoms with Crippen LogP contribution >= 0.6 is 0 Å². The predicted octanol–water partition coefficient (Wildman–Crippen LogP) is 4.22. The van der Waals surface area contributed by atoms with Crippen molar-refractivity contribution in [3.05, 3.63) is 29.3 Å². The van der Waals surface area contributed by atoms with Gasteiger partial charge in [-0.05, 0) is 30.9 Å². The molecule has 0 aliphatic heterocycles. The Labute approximate surface area is 112 Å². The number of nitrogens with zero attached hydrogens (tertiary/aromatic N) is 1. The number of hydrogen-bond acceptors (Lipinski definition) is 2. The van der Waals surface area contributed by atoms with E-state index in [4.69, 9.17) is 5.26 Å². The fraction of sp³-hybridized carbons (Fsp3) is 0.533. The highest BCUT2D eigenvalue weighted by molar-refractivity contribution is 5.51. The Hall–Kier alpha value is -1.63. The Morgan fingerprint density at radius 2 is 1.89 bits per heavy atom. The van der Waals surface area contributed by atoms with E-state index in [9.17, 15) is 8.78 Å². The molecular formula is C15H18F2N2. The number of halogens is 2. The number of anilines is 1. The van der Waals surface area contributed by atoms with Crippen molar-refractivity contribution >= 4 is 5.69 Å². The molecule has 1 aliphatic rings. The molecule has 0 bridgehead atoms. The molecule has 0 radical (unpaired) electrons. The maximum Gasteiger partial charge on any atom is 0.150 e. The van der Waals surface area contributed by atoms with E-state index in [1.807, 2.05) is 0 Å². The maximum atomic E-state index is 13.8. The summed E-state index contributed by atoms with van der Waals surface area (Å²) in [6, 6.07) is 4.03. The lowest BCUT2D eigenvalue weighted by Crippen LogP contribution is -2.32. The Bertz CT molecular complexity index is 470. The highest BCUT2D eigenvalue weighted by Crippen LogP contribution is 2.31. The lowest BCUT2D eigenvalue weighted by atomic mass is 9.83. The van der Waals surface area contributed by atoms with Gasteiger partial charge in [-0.1, -0.05) is 26.2 Å². The first-order chi connectivity index (χ1) is 9.15. The van der Waals surface area contributed by atoms with Gasteiger partial charge in [-0.25, -0.2) is 8.78 Å². The van der Waals surface area contributed by atoms with E-state index in [1.165, 1.54) is 6.42 Å². The summed E-state index contributed by atoms with van der Waals surface area (Å²) in [4.78, 5) is 0. The fourth-order valence-corrected chi connectivity index (χ4v) is 2.85. The summed E-state index contributed by atoms with van der Waals surface area (Å²) < 4.78 is 27.7. The van der Waals surface area contributed by atoms with Crippen LogP contribution in [0.1, 0.15) is 44.6 Å². The third-order valence-corrected chi connectivity index (χ3v) is 3.93. The predicted molar refractivity (Wildman–Crippen MR) is 70.7 cm³/mol. The van der Waals surface area contributed by atoms with E-state index < -0.39 is 11.6 Å². The molecule has 0 spiro atoms. The highest BCUT2D eigenvalue weighted by atomic mass is 19.1. The highest BCUT2D eigenvalue weighted by Gasteiger charge is 2.25. The van der Waals surface area contributed by atoms with Gasteiger partial charge in [0.05, 0.1) is 11.6 Å². The van der Waals surface area contributed by atoms with Gasteiger partial charge >= 0.3 is 0 Å². The van der Waals surface area contributed by atoms with Gasteiger partial charge < -0.3 is 5.32 Å². The van der Waals surface area contributed by atoms with Crippen LogP contribution in [-0.2, 0) is 0 Å². The van der Waals surface area contributed by atoms with Crippen molar-refractivity contribution in [2.24, 2.45) is 5.92 Å². The van der Waals surface area contributed by atoms with Gasteiger partial charge in [-0.2, -0.15) is 5.26 Å². The molecule has 2 unspecified atom stereocenters. The average Bonchev–Trinajstić information content (AvgIpc) is 2.43. The summed E-state index contributed by atoms with van der Waals surface area (Å²) >= 11 is 0. The Kier molecular flexibility index (Phi) is 4.36. The molecule has 2 rings (SSSR count). The van der Waals surface area contributed by atoms with Crippen LogP contribution in [0.5, 0.6) is 0 Å². The van der Waals surface area contributed by atoms with Gasteiger partial charge in [-0.3, -0.25) is 0 Å². The third-order valence-electron chi connectivity index (χ3n) is 3.93. The van der Waals surface area contributed by atoms with Crippen molar-refractivity contribution in [1.29, 1.82) is 5.26 Å². The van der Waals surface area contributed by atoms with Crippen molar-refractivity contribution < 1.29 is 8.78 Å². The van der Waals surface area contributed by atoms with Gasteiger partial charge in [0.2, 0.25) is 0 Å². The molecule has 102 valence electrons. The summed E-state index contributed by atoms with van der Waals surface area (Å²) in [6.07, 6.45) is 5.34. The zero-order valence-corrected chi connectivity index (χ0v) is 11.0. The molecule has 1 aromatic rings. The minimum absolute atomic E-state index is 0.0104. The zero-order valence-electron chi connectivity index (χ0n) is 11.0. The Balaban J connectivity index is 2.21. The van der Waals surface area contributed by atoms with Crippen molar-refractivity contribution in [3.63, 3.8) is 0 Å². The zero-order chi connectivity index (χ0) is 13.8.